The van der Waals surface area contributed by atoms with Gasteiger partial charge in [0.05, 0.1) is 24.6 Å². The zero-order valence-electron chi connectivity index (χ0n) is 14.9. The van der Waals surface area contributed by atoms with Gasteiger partial charge >= 0.3 is 5.97 Å². The molecule has 2 heterocycles. The minimum Gasteiger partial charge on any atom is -0.455 e. The Morgan fingerprint density at radius 3 is 2.71 bits per heavy atom. The Bertz CT molecular complexity index is 962. The number of ether oxygens (including phenoxy) is 1. The molecule has 0 saturated heterocycles. The number of carbonyl (C=O) groups is 2. The Morgan fingerprint density at radius 2 is 2.00 bits per heavy atom. The fraction of sp³-hybridized carbons (Fsp3) is 0.200. The summed E-state index contributed by atoms with van der Waals surface area (Å²) in [5.74, 6) is -0.879. The zero-order valence-corrected chi connectivity index (χ0v) is 16.5. The number of para-hydroxylation sites is 1. The summed E-state index contributed by atoms with van der Waals surface area (Å²) >= 11 is 3.05. The molecule has 0 N–H and O–H groups in total. The normalized spacial score (nSPS) is 10.2. The van der Waals surface area contributed by atoms with Crippen LogP contribution < -0.4 is 4.90 Å². The maximum absolute atomic E-state index is 12.5. The van der Waals surface area contributed by atoms with Crippen molar-refractivity contribution in [2.24, 2.45) is 0 Å². The van der Waals surface area contributed by atoms with Gasteiger partial charge in [-0.25, -0.2) is 4.98 Å². The summed E-state index contributed by atoms with van der Waals surface area (Å²) in [7, 11) is 0. The third kappa shape index (κ3) is 5.25. The lowest BCUT2D eigenvalue weighted by Gasteiger charge is -2.21. The monoisotopic (exact) mass is 411 g/mol. The first-order chi connectivity index (χ1) is 13.7. The Balaban J connectivity index is 1.55. The summed E-state index contributed by atoms with van der Waals surface area (Å²) in [5, 5.41) is 15.5. The van der Waals surface area contributed by atoms with Crippen molar-refractivity contribution < 1.29 is 14.3 Å². The number of thiazole rings is 1. The molecule has 0 atom stereocenters. The zero-order chi connectivity index (χ0) is 19.8. The van der Waals surface area contributed by atoms with Crippen LogP contribution >= 0.6 is 22.7 Å². The highest BCUT2D eigenvalue weighted by Crippen LogP contribution is 2.25. The smallest absolute Gasteiger partial charge is 0.312 e. The third-order valence-electron chi connectivity index (χ3n) is 3.82. The van der Waals surface area contributed by atoms with Crippen molar-refractivity contribution in [3.63, 3.8) is 0 Å². The summed E-state index contributed by atoms with van der Waals surface area (Å²) in [6, 6.07) is 13.0. The number of benzene rings is 1. The highest BCUT2D eigenvalue weighted by molar-refractivity contribution is 7.14. The topological polar surface area (TPSA) is 83.3 Å². The standard InChI is InChI=1S/C20H17N3O3S2/c21-8-4-9-23(17-5-2-1-3-6-17)18(24)12-26-19(25)11-16-14-28-20(22-16)15-7-10-27-13-15/h1-3,5-7,10,13-14H,4,9,11-12H2. The molecular formula is C20H17N3O3S2. The van der Waals surface area contributed by atoms with E-state index >= 15 is 0 Å². The molecule has 0 aliphatic rings. The first-order valence-corrected chi connectivity index (χ1v) is 10.3. The number of carbonyl (C=O) groups excluding carboxylic acids is 2. The lowest BCUT2D eigenvalue weighted by atomic mass is 10.2. The van der Waals surface area contributed by atoms with Crippen molar-refractivity contribution in [1.82, 2.24) is 4.98 Å². The molecule has 142 valence electrons. The molecule has 0 radical (unpaired) electrons. The van der Waals surface area contributed by atoms with Gasteiger partial charge < -0.3 is 9.64 Å². The average Bonchev–Trinajstić information content (AvgIpc) is 3.39. The molecule has 0 fully saturated rings. The van der Waals surface area contributed by atoms with Gasteiger partial charge in [-0.05, 0) is 23.6 Å². The predicted octanol–water partition coefficient (Wildman–Crippen LogP) is 3.90. The van der Waals surface area contributed by atoms with Crippen LogP contribution in [-0.2, 0) is 20.7 Å². The molecule has 0 aliphatic carbocycles. The first-order valence-electron chi connectivity index (χ1n) is 8.52. The molecule has 6 nitrogen and oxygen atoms in total. The number of hydrogen-bond acceptors (Lipinski definition) is 7. The number of esters is 1. The fourth-order valence-corrected chi connectivity index (χ4v) is 4.03. The molecule has 0 unspecified atom stereocenters. The second kappa shape index (κ2) is 9.78. The molecule has 1 aromatic carbocycles. The molecule has 0 spiro atoms. The van der Waals surface area contributed by atoms with Crippen LogP contribution in [0.15, 0.2) is 52.5 Å². The van der Waals surface area contributed by atoms with Gasteiger partial charge in [-0.2, -0.15) is 16.6 Å². The van der Waals surface area contributed by atoms with Gasteiger partial charge in [0.15, 0.2) is 6.61 Å². The van der Waals surface area contributed by atoms with Crippen molar-refractivity contribution >= 4 is 40.2 Å². The fourth-order valence-electron chi connectivity index (χ4n) is 2.49. The van der Waals surface area contributed by atoms with Gasteiger partial charge in [0.2, 0.25) is 0 Å². The number of aromatic nitrogens is 1. The van der Waals surface area contributed by atoms with Crippen molar-refractivity contribution in [1.29, 1.82) is 5.26 Å². The van der Waals surface area contributed by atoms with Crippen molar-refractivity contribution in [3.05, 3.63) is 58.2 Å². The van der Waals surface area contributed by atoms with Crippen LogP contribution in [0.1, 0.15) is 12.1 Å². The van der Waals surface area contributed by atoms with E-state index < -0.39 is 5.97 Å². The summed E-state index contributed by atoms with van der Waals surface area (Å²) in [5.41, 5.74) is 2.31. The second-order valence-corrected chi connectivity index (χ2v) is 7.42. The quantitative estimate of drug-likeness (QED) is 0.525. The first kappa shape index (κ1) is 19.7. The lowest BCUT2D eigenvalue weighted by molar-refractivity contribution is -0.147. The molecule has 0 aliphatic heterocycles. The van der Waals surface area contributed by atoms with Gasteiger partial charge in [-0.3, -0.25) is 9.59 Å². The number of thiophene rings is 1. The average molecular weight is 412 g/mol. The van der Waals surface area contributed by atoms with Gasteiger partial charge in [-0.15, -0.1) is 11.3 Å². The van der Waals surface area contributed by atoms with Crippen molar-refractivity contribution in [3.8, 4) is 16.6 Å². The van der Waals surface area contributed by atoms with Crippen LogP contribution in [0.2, 0.25) is 0 Å². The third-order valence-corrected chi connectivity index (χ3v) is 5.44. The summed E-state index contributed by atoms with van der Waals surface area (Å²) in [6.07, 6.45) is 0.205. The van der Waals surface area contributed by atoms with Crippen LogP contribution in [0.4, 0.5) is 5.69 Å². The van der Waals surface area contributed by atoms with E-state index in [1.807, 2.05) is 34.3 Å². The van der Waals surface area contributed by atoms with E-state index in [0.29, 0.717) is 11.4 Å². The number of hydrogen-bond donors (Lipinski definition) is 0. The maximum Gasteiger partial charge on any atom is 0.312 e. The van der Waals surface area contributed by atoms with Gasteiger partial charge in [0.1, 0.15) is 5.01 Å². The van der Waals surface area contributed by atoms with Crippen LogP contribution in [0.25, 0.3) is 10.6 Å². The van der Waals surface area contributed by atoms with E-state index in [1.165, 1.54) is 16.2 Å². The van der Waals surface area contributed by atoms with E-state index in [1.54, 1.807) is 35.6 Å². The molecule has 3 rings (SSSR count). The summed E-state index contributed by atoms with van der Waals surface area (Å²) in [4.78, 5) is 30.5. The summed E-state index contributed by atoms with van der Waals surface area (Å²) in [6.45, 7) is -0.131. The minimum absolute atomic E-state index is 0.0114. The predicted molar refractivity (Wildman–Crippen MR) is 109 cm³/mol. The van der Waals surface area contributed by atoms with Crippen molar-refractivity contribution in [2.75, 3.05) is 18.1 Å². The molecule has 1 amide bonds. The number of anilines is 1. The Kier molecular flexibility index (Phi) is 6.89. The number of nitriles is 1. The molecule has 0 saturated carbocycles. The van der Waals surface area contributed by atoms with E-state index in [-0.39, 0.29) is 31.9 Å². The van der Waals surface area contributed by atoms with E-state index in [2.05, 4.69) is 4.98 Å². The van der Waals surface area contributed by atoms with Gasteiger partial charge in [0.25, 0.3) is 5.91 Å². The van der Waals surface area contributed by atoms with E-state index in [0.717, 1.165) is 10.6 Å². The molecule has 2 aromatic heterocycles. The van der Waals surface area contributed by atoms with Crippen LogP contribution in [0.3, 0.4) is 0 Å². The van der Waals surface area contributed by atoms with Crippen LogP contribution in [0, 0.1) is 11.3 Å². The van der Waals surface area contributed by atoms with E-state index in [9.17, 15) is 9.59 Å². The Morgan fingerprint density at radius 1 is 1.18 bits per heavy atom. The highest BCUT2D eigenvalue weighted by atomic mass is 32.1. The van der Waals surface area contributed by atoms with Gasteiger partial charge in [0, 0.05) is 28.6 Å². The number of amides is 1. The van der Waals surface area contributed by atoms with Crippen molar-refractivity contribution in [2.45, 2.75) is 12.8 Å². The van der Waals surface area contributed by atoms with Crippen LogP contribution in [-0.4, -0.2) is 30.0 Å². The lowest BCUT2D eigenvalue weighted by Crippen LogP contribution is -2.35. The molecule has 0 bridgehead atoms. The van der Waals surface area contributed by atoms with Crippen LogP contribution in [0.5, 0.6) is 0 Å². The summed E-state index contributed by atoms with van der Waals surface area (Å²) < 4.78 is 5.14. The van der Waals surface area contributed by atoms with Gasteiger partial charge in [-0.1, -0.05) is 18.2 Å². The Hall–Kier alpha value is -3.02. The number of rotatable bonds is 8. The number of nitrogens with zero attached hydrogens (tertiary/aromatic N) is 3. The largest absolute Gasteiger partial charge is 0.455 e. The van der Waals surface area contributed by atoms with E-state index in [4.69, 9.17) is 10.00 Å². The maximum atomic E-state index is 12.5. The molecule has 8 heteroatoms. The second-order valence-electron chi connectivity index (χ2n) is 5.78. The molecule has 28 heavy (non-hydrogen) atoms. The molecule has 3 aromatic rings. The Labute approximate surface area is 170 Å². The molecular weight excluding hydrogens is 394 g/mol. The highest BCUT2D eigenvalue weighted by Gasteiger charge is 2.18. The minimum atomic E-state index is -0.510. The SMILES string of the molecule is N#CCCN(C(=O)COC(=O)Cc1csc(-c2ccsc2)n1)c1ccccc1.